The molecule has 1 unspecified atom stereocenters. The van der Waals surface area contributed by atoms with Crippen LogP contribution in [0.3, 0.4) is 0 Å². The summed E-state index contributed by atoms with van der Waals surface area (Å²) in [6, 6.07) is 12.4. The highest BCUT2D eigenvalue weighted by molar-refractivity contribution is 7.47. The molecule has 11 nitrogen and oxygen atoms in total. The highest BCUT2D eigenvalue weighted by Gasteiger charge is 2.27. The molecule has 1 aliphatic heterocycles. The van der Waals surface area contributed by atoms with Crippen LogP contribution in [0.15, 0.2) is 46.8 Å². The molecule has 1 atom stereocenters. The monoisotopic (exact) mass is 515 g/mol. The fourth-order valence-corrected chi connectivity index (χ4v) is 4.44. The minimum atomic E-state index is -1.02. The van der Waals surface area contributed by atoms with Gasteiger partial charge in [0.2, 0.25) is 0 Å². The molecule has 1 aromatic carbocycles. The molecular weight excluding hydrogens is 486 g/mol. The normalized spacial score (nSPS) is 18.1. The van der Waals surface area contributed by atoms with Crippen molar-refractivity contribution >= 4 is 36.0 Å². The molecule has 0 aliphatic carbocycles. The zero-order valence-corrected chi connectivity index (χ0v) is 20.5. The van der Waals surface area contributed by atoms with Gasteiger partial charge >= 0.3 is 17.9 Å². The third kappa shape index (κ3) is 8.72. The zero-order chi connectivity index (χ0) is 26.1. The highest BCUT2D eigenvalue weighted by Crippen LogP contribution is 2.19. The van der Waals surface area contributed by atoms with Crippen LogP contribution in [-0.4, -0.2) is 98.2 Å². The number of hydrogen-bond donors (Lipinski definition) is 3. The summed E-state index contributed by atoms with van der Waals surface area (Å²) in [5.74, 6) is -3.00. The van der Waals surface area contributed by atoms with Crippen LogP contribution >= 0.6 is 0 Å². The second-order valence-electron chi connectivity index (χ2n) is 8.77. The smallest absolute Gasteiger partial charge is 0.317 e. The van der Waals surface area contributed by atoms with Crippen LogP contribution in [0, 0.1) is 0 Å². The SMILES string of the molecule is O=C(O)CN1CCN(CC(=O)O)CC(Cc2ccc(N=S)cc2)N(CC(=O)O)Cc2cccc(n2)C1. The highest BCUT2D eigenvalue weighted by atomic mass is 32.1. The summed E-state index contributed by atoms with van der Waals surface area (Å²) in [4.78, 5) is 44.8. The van der Waals surface area contributed by atoms with E-state index in [4.69, 9.17) is 12.4 Å². The molecule has 0 radical (unpaired) electrons. The van der Waals surface area contributed by atoms with Gasteiger partial charge in [0.25, 0.3) is 0 Å². The number of aromatic nitrogens is 1. The average molecular weight is 516 g/mol. The second-order valence-corrected chi connectivity index (χ2v) is 8.95. The molecule has 0 amide bonds. The van der Waals surface area contributed by atoms with E-state index in [1.165, 1.54) is 0 Å². The van der Waals surface area contributed by atoms with Crippen molar-refractivity contribution in [2.75, 3.05) is 39.3 Å². The van der Waals surface area contributed by atoms with E-state index in [2.05, 4.69) is 9.35 Å². The van der Waals surface area contributed by atoms with E-state index >= 15 is 0 Å². The number of carbonyl (C=O) groups is 3. The Morgan fingerprint density at radius 3 is 2.06 bits per heavy atom. The van der Waals surface area contributed by atoms with E-state index in [0.717, 1.165) is 5.56 Å². The lowest BCUT2D eigenvalue weighted by molar-refractivity contribution is -0.141. The van der Waals surface area contributed by atoms with Gasteiger partial charge in [0.05, 0.1) is 36.7 Å². The molecule has 2 heterocycles. The van der Waals surface area contributed by atoms with Gasteiger partial charge in [0, 0.05) is 51.2 Å². The fraction of sp³-hybridized carbons (Fsp3) is 0.417. The minimum absolute atomic E-state index is 0.207. The molecule has 2 bridgehead atoms. The Hall–Kier alpha value is -3.32. The van der Waals surface area contributed by atoms with Gasteiger partial charge in [-0.25, -0.2) is 0 Å². The van der Waals surface area contributed by atoms with Crippen molar-refractivity contribution in [3.63, 3.8) is 0 Å². The molecule has 3 N–H and O–H groups in total. The number of hydrogen-bond acceptors (Lipinski definition) is 9. The predicted molar refractivity (Wildman–Crippen MR) is 133 cm³/mol. The number of rotatable bonds is 9. The number of benzene rings is 1. The standard InChI is InChI=1S/C24H29N5O6S/c30-22(31)14-27-8-9-28(15-23(32)33)13-21(10-17-4-6-18(26-36)7-5-17)29(16-24(34)35)12-20-3-1-2-19(11-27)25-20/h1-7,21H,8-16H2,(H,30,31)(H,32,33)(H,34,35). The Morgan fingerprint density at radius 1 is 0.861 bits per heavy atom. The van der Waals surface area contributed by atoms with Gasteiger partial charge in [0.1, 0.15) is 0 Å². The number of pyridine rings is 1. The number of carboxylic acids is 3. The first-order valence-corrected chi connectivity index (χ1v) is 11.8. The van der Waals surface area contributed by atoms with E-state index in [0.29, 0.717) is 36.6 Å². The summed E-state index contributed by atoms with van der Waals surface area (Å²) < 4.78 is 3.74. The summed E-state index contributed by atoms with van der Waals surface area (Å²) in [7, 11) is 0. The van der Waals surface area contributed by atoms with Gasteiger partial charge in [-0.2, -0.15) is 4.36 Å². The van der Waals surface area contributed by atoms with Crippen LogP contribution in [0.5, 0.6) is 0 Å². The summed E-state index contributed by atoms with van der Waals surface area (Å²) >= 11 is 4.73. The zero-order valence-electron chi connectivity index (χ0n) is 19.7. The van der Waals surface area contributed by atoms with E-state index < -0.39 is 17.9 Å². The Bertz CT molecular complexity index is 1080. The molecule has 1 aliphatic rings. The number of fused-ring (bicyclic) bond motifs is 2. The third-order valence-corrected chi connectivity index (χ3v) is 6.11. The summed E-state index contributed by atoms with van der Waals surface area (Å²) in [5.41, 5.74) is 2.88. The first kappa shape index (κ1) is 27.3. The van der Waals surface area contributed by atoms with Gasteiger partial charge in [-0.1, -0.05) is 18.2 Å². The Kier molecular flexibility index (Phi) is 9.94. The van der Waals surface area contributed by atoms with Crippen LogP contribution < -0.4 is 0 Å². The summed E-state index contributed by atoms with van der Waals surface area (Å²) in [6.45, 7) is 0.692. The van der Waals surface area contributed by atoms with Gasteiger partial charge in [-0.3, -0.25) is 34.1 Å². The van der Waals surface area contributed by atoms with Gasteiger partial charge < -0.3 is 15.3 Å². The molecule has 0 saturated carbocycles. The molecular formula is C24H29N5O6S. The topological polar surface area (TPSA) is 147 Å². The molecule has 1 aromatic heterocycles. The van der Waals surface area contributed by atoms with Crippen LogP contribution in [0.25, 0.3) is 0 Å². The van der Waals surface area contributed by atoms with Crippen LogP contribution in [-0.2, 0) is 46.3 Å². The lowest BCUT2D eigenvalue weighted by atomic mass is 10.0. The largest absolute Gasteiger partial charge is 0.480 e. The third-order valence-electron chi connectivity index (χ3n) is 5.90. The first-order chi connectivity index (χ1) is 17.2. The molecule has 0 fully saturated rings. The molecule has 36 heavy (non-hydrogen) atoms. The van der Waals surface area contributed by atoms with Crippen LogP contribution in [0.2, 0.25) is 0 Å². The van der Waals surface area contributed by atoms with Crippen molar-refractivity contribution in [2.24, 2.45) is 4.36 Å². The predicted octanol–water partition coefficient (Wildman–Crippen LogP) is 1.23. The summed E-state index contributed by atoms with van der Waals surface area (Å²) in [6.07, 6.45) is 0.458. The Morgan fingerprint density at radius 2 is 1.44 bits per heavy atom. The van der Waals surface area contributed by atoms with Crippen molar-refractivity contribution in [3.05, 3.63) is 59.4 Å². The maximum Gasteiger partial charge on any atom is 0.317 e. The molecule has 192 valence electrons. The lowest BCUT2D eigenvalue weighted by Crippen LogP contribution is -2.50. The number of nitrogens with zero attached hydrogens (tertiary/aromatic N) is 5. The van der Waals surface area contributed by atoms with Crippen molar-refractivity contribution in [2.45, 2.75) is 25.6 Å². The first-order valence-electron chi connectivity index (χ1n) is 11.4. The van der Waals surface area contributed by atoms with E-state index in [1.807, 2.05) is 18.2 Å². The van der Waals surface area contributed by atoms with Crippen LogP contribution in [0.4, 0.5) is 5.69 Å². The maximum atomic E-state index is 11.8. The number of carboxylic acid groups (broad SMARTS) is 3. The molecule has 2 aromatic rings. The maximum absolute atomic E-state index is 11.8. The van der Waals surface area contributed by atoms with Crippen LogP contribution in [0.1, 0.15) is 17.0 Å². The molecule has 12 heteroatoms. The Balaban J connectivity index is 1.99. The van der Waals surface area contributed by atoms with Crippen molar-refractivity contribution in [3.8, 4) is 0 Å². The van der Waals surface area contributed by atoms with Gasteiger partial charge in [-0.05, 0) is 36.2 Å². The molecule has 0 spiro atoms. The average Bonchev–Trinajstić information content (AvgIpc) is 2.80. The lowest BCUT2D eigenvalue weighted by Gasteiger charge is -2.35. The number of aliphatic carboxylic acids is 3. The van der Waals surface area contributed by atoms with Crippen molar-refractivity contribution in [1.29, 1.82) is 0 Å². The van der Waals surface area contributed by atoms with E-state index in [1.54, 1.807) is 39.0 Å². The summed E-state index contributed by atoms with van der Waals surface area (Å²) in [5, 5.41) is 28.5. The van der Waals surface area contributed by atoms with Crippen molar-refractivity contribution in [1.82, 2.24) is 19.7 Å². The molecule has 0 saturated heterocycles. The van der Waals surface area contributed by atoms with Gasteiger partial charge in [-0.15, -0.1) is 0 Å². The molecule has 3 rings (SSSR count). The van der Waals surface area contributed by atoms with E-state index in [-0.39, 0.29) is 45.3 Å². The van der Waals surface area contributed by atoms with Gasteiger partial charge in [0.15, 0.2) is 0 Å². The minimum Gasteiger partial charge on any atom is -0.480 e. The quantitative estimate of drug-likeness (QED) is 0.443. The Labute approximate surface area is 214 Å². The second kappa shape index (κ2) is 13.1. The fourth-order valence-electron chi connectivity index (χ4n) is 4.32. The van der Waals surface area contributed by atoms with E-state index in [9.17, 15) is 29.7 Å². The van der Waals surface area contributed by atoms with Crippen molar-refractivity contribution < 1.29 is 29.7 Å².